The SMILES string of the molecule is CCO/N=C(\Cn1cc(Cc2ccc(Cl)cc2)c(C(=O)O)c1)c1cccc(Oc2ccccc2)c1. The van der Waals surface area contributed by atoms with E-state index >= 15 is 0 Å². The molecule has 0 unspecified atom stereocenters. The van der Waals surface area contributed by atoms with Gasteiger partial charge in [0.05, 0.1) is 12.1 Å². The van der Waals surface area contributed by atoms with Gasteiger partial charge < -0.3 is 19.2 Å². The van der Waals surface area contributed by atoms with Crippen LogP contribution in [0.5, 0.6) is 11.5 Å². The molecule has 0 bridgehead atoms. The number of benzene rings is 3. The van der Waals surface area contributed by atoms with E-state index in [0.717, 1.165) is 16.9 Å². The summed E-state index contributed by atoms with van der Waals surface area (Å²) in [6.45, 7) is 2.60. The zero-order chi connectivity index (χ0) is 24.6. The van der Waals surface area contributed by atoms with Crippen molar-refractivity contribution >= 4 is 23.3 Å². The highest BCUT2D eigenvalue weighted by Gasteiger charge is 2.16. The van der Waals surface area contributed by atoms with Gasteiger partial charge in [0.25, 0.3) is 0 Å². The minimum Gasteiger partial charge on any atom is -0.478 e. The van der Waals surface area contributed by atoms with Crippen molar-refractivity contribution in [1.82, 2.24) is 4.57 Å². The Morgan fingerprint density at radius 3 is 2.43 bits per heavy atom. The van der Waals surface area contributed by atoms with Crippen LogP contribution in [0.1, 0.15) is 34.0 Å². The molecule has 0 spiro atoms. The lowest BCUT2D eigenvalue weighted by molar-refractivity contribution is 0.0696. The maximum Gasteiger partial charge on any atom is 0.337 e. The highest BCUT2D eigenvalue weighted by Crippen LogP contribution is 2.23. The number of nitrogens with zero attached hydrogens (tertiary/aromatic N) is 2. The second-order valence-corrected chi connectivity index (χ2v) is 8.31. The van der Waals surface area contributed by atoms with Crippen molar-refractivity contribution in [3.05, 3.63) is 119 Å². The number of carbonyl (C=O) groups is 1. The van der Waals surface area contributed by atoms with Crippen molar-refractivity contribution in [3.8, 4) is 11.5 Å². The number of rotatable bonds is 10. The Balaban J connectivity index is 1.60. The van der Waals surface area contributed by atoms with Gasteiger partial charge in [0, 0.05) is 23.0 Å². The molecule has 0 saturated heterocycles. The third-order valence-electron chi connectivity index (χ3n) is 5.28. The molecular formula is C28H25ClN2O4. The van der Waals surface area contributed by atoms with Crippen LogP contribution in [-0.2, 0) is 17.8 Å². The molecule has 0 fully saturated rings. The highest BCUT2D eigenvalue weighted by molar-refractivity contribution is 6.30. The van der Waals surface area contributed by atoms with Crippen LogP contribution in [0.25, 0.3) is 0 Å². The van der Waals surface area contributed by atoms with Crippen molar-refractivity contribution in [2.45, 2.75) is 19.9 Å². The number of carboxylic acids is 1. The monoisotopic (exact) mass is 488 g/mol. The second-order valence-electron chi connectivity index (χ2n) is 7.88. The predicted octanol–water partition coefficient (Wildman–Crippen LogP) is 6.66. The van der Waals surface area contributed by atoms with Crippen LogP contribution < -0.4 is 4.74 Å². The zero-order valence-corrected chi connectivity index (χ0v) is 20.0. The molecular weight excluding hydrogens is 464 g/mol. The van der Waals surface area contributed by atoms with E-state index in [0.29, 0.717) is 41.6 Å². The van der Waals surface area contributed by atoms with E-state index in [4.69, 9.17) is 21.2 Å². The molecule has 4 aromatic rings. The Bertz CT molecular complexity index is 1310. The first kappa shape index (κ1) is 24.1. The van der Waals surface area contributed by atoms with Gasteiger partial charge in [-0.15, -0.1) is 0 Å². The summed E-state index contributed by atoms with van der Waals surface area (Å²) in [6, 6.07) is 24.5. The van der Waals surface area contributed by atoms with Gasteiger partial charge in [0.1, 0.15) is 23.8 Å². The van der Waals surface area contributed by atoms with Crippen LogP contribution in [0, 0.1) is 0 Å². The molecule has 0 radical (unpaired) electrons. The molecule has 3 aromatic carbocycles. The Labute approximate surface area is 209 Å². The highest BCUT2D eigenvalue weighted by atomic mass is 35.5. The Morgan fingerprint density at radius 1 is 0.971 bits per heavy atom. The number of halogens is 1. The predicted molar refractivity (Wildman–Crippen MR) is 137 cm³/mol. The summed E-state index contributed by atoms with van der Waals surface area (Å²) in [7, 11) is 0. The normalized spacial score (nSPS) is 11.3. The molecule has 0 atom stereocenters. The van der Waals surface area contributed by atoms with E-state index in [2.05, 4.69) is 5.16 Å². The first-order valence-electron chi connectivity index (χ1n) is 11.2. The number of carboxylic acid groups (broad SMARTS) is 1. The summed E-state index contributed by atoms with van der Waals surface area (Å²) < 4.78 is 7.78. The van der Waals surface area contributed by atoms with Gasteiger partial charge in [-0.25, -0.2) is 4.79 Å². The summed E-state index contributed by atoms with van der Waals surface area (Å²) >= 11 is 5.98. The van der Waals surface area contributed by atoms with Gasteiger partial charge >= 0.3 is 5.97 Å². The summed E-state index contributed by atoms with van der Waals surface area (Å²) in [5.41, 5.74) is 3.39. The lowest BCUT2D eigenvalue weighted by atomic mass is 10.0. The van der Waals surface area contributed by atoms with E-state index < -0.39 is 5.97 Å². The Morgan fingerprint density at radius 2 is 1.71 bits per heavy atom. The van der Waals surface area contributed by atoms with Crippen molar-refractivity contribution < 1.29 is 19.5 Å². The molecule has 0 saturated carbocycles. The zero-order valence-electron chi connectivity index (χ0n) is 19.2. The molecule has 0 aliphatic carbocycles. The quantitative estimate of drug-likeness (QED) is 0.200. The fourth-order valence-electron chi connectivity index (χ4n) is 3.65. The summed E-state index contributed by atoms with van der Waals surface area (Å²) in [5, 5.41) is 14.7. The fourth-order valence-corrected chi connectivity index (χ4v) is 3.78. The first-order valence-corrected chi connectivity index (χ1v) is 11.6. The van der Waals surface area contributed by atoms with E-state index in [-0.39, 0.29) is 5.56 Å². The van der Waals surface area contributed by atoms with E-state index in [1.54, 1.807) is 18.3 Å². The molecule has 1 aromatic heterocycles. The van der Waals surface area contributed by atoms with E-state index in [9.17, 15) is 9.90 Å². The summed E-state index contributed by atoms with van der Waals surface area (Å²) in [6.07, 6.45) is 3.94. The number of para-hydroxylation sites is 1. The third-order valence-corrected chi connectivity index (χ3v) is 5.54. The van der Waals surface area contributed by atoms with Gasteiger partial charge in [-0.3, -0.25) is 0 Å². The standard InChI is InChI=1S/C28H25ClN2O4/c1-2-34-30-27(21-7-6-10-25(16-21)35-24-8-4-3-5-9-24)19-31-17-22(26(18-31)28(32)33)15-20-11-13-23(29)14-12-20/h3-14,16-18H,2,15,19H2,1H3,(H,32,33)/b30-27+. The maximum absolute atomic E-state index is 11.9. The molecule has 178 valence electrons. The Hall–Kier alpha value is -4.03. The van der Waals surface area contributed by atoms with Gasteiger partial charge in [0.2, 0.25) is 0 Å². The van der Waals surface area contributed by atoms with Gasteiger partial charge in [-0.05, 0) is 60.9 Å². The minimum absolute atomic E-state index is 0.247. The van der Waals surface area contributed by atoms with Crippen molar-refractivity contribution in [2.75, 3.05) is 6.61 Å². The van der Waals surface area contributed by atoms with Crippen LogP contribution in [0.4, 0.5) is 0 Å². The molecule has 0 aliphatic rings. The first-order chi connectivity index (χ1) is 17.0. The molecule has 1 N–H and O–H groups in total. The van der Waals surface area contributed by atoms with Crippen LogP contribution >= 0.6 is 11.6 Å². The second kappa shape index (κ2) is 11.4. The molecule has 0 amide bonds. The average Bonchev–Trinajstić information content (AvgIpc) is 3.26. The summed E-state index contributed by atoms with van der Waals surface area (Å²) in [5.74, 6) is 0.422. The molecule has 0 aliphatic heterocycles. The number of oxime groups is 1. The van der Waals surface area contributed by atoms with E-state index in [1.807, 2.05) is 84.4 Å². The van der Waals surface area contributed by atoms with Crippen LogP contribution in [0.15, 0.2) is 96.4 Å². The topological polar surface area (TPSA) is 73.1 Å². The fraction of sp³-hybridized carbons (Fsp3) is 0.143. The molecule has 35 heavy (non-hydrogen) atoms. The maximum atomic E-state index is 11.9. The largest absolute Gasteiger partial charge is 0.478 e. The van der Waals surface area contributed by atoms with Crippen LogP contribution in [0.2, 0.25) is 5.02 Å². The molecule has 6 nitrogen and oxygen atoms in total. The lowest BCUT2D eigenvalue weighted by Crippen LogP contribution is -2.11. The Kier molecular flexibility index (Phi) is 7.85. The van der Waals surface area contributed by atoms with Crippen molar-refractivity contribution in [1.29, 1.82) is 0 Å². The van der Waals surface area contributed by atoms with Crippen LogP contribution in [-0.4, -0.2) is 28.0 Å². The van der Waals surface area contributed by atoms with Crippen LogP contribution in [0.3, 0.4) is 0 Å². The van der Waals surface area contributed by atoms with Crippen molar-refractivity contribution in [2.24, 2.45) is 5.16 Å². The number of hydrogen-bond donors (Lipinski definition) is 1. The van der Waals surface area contributed by atoms with Gasteiger partial charge in [-0.2, -0.15) is 0 Å². The lowest BCUT2D eigenvalue weighted by Gasteiger charge is -2.11. The molecule has 4 rings (SSSR count). The molecule has 7 heteroatoms. The van der Waals surface area contributed by atoms with E-state index in [1.165, 1.54) is 0 Å². The number of ether oxygens (including phenoxy) is 1. The number of hydrogen-bond acceptors (Lipinski definition) is 4. The number of aromatic nitrogens is 1. The smallest absolute Gasteiger partial charge is 0.337 e. The average molecular weight is 489 g/mol. The number of aromatic carboxylic acids is 1. The summed E-state index contributed by atoms with van der Waals surface area (Å²) in [4.78, 5) is 17.3. The van der Waals surface area contributed by atoms with Gasteiger partial charge in [0.15, 0.2) is 0 Å². The molecule has 1 heterocycles. The minimum atomic E-state index is -0.978. The third kappa shape index (κ3) is 6.52. The van der Waals surface area contributed by atoms with Crippen molar-refractivity contribution in [3.63, 3.8) is 0 Å². The van der Waals surface area contributed by atoms with Gasteiger partial charge in [-0.1, -0.05) is 59.2 Å².